The lowest BCUT2D eigenvalue weighted by Crippen LogP contribution is -2.60. The Kier molecular flexibility index (Phi) is 20.9. The lowest BCUT2D eigenvalue weighted by atomic mass is 10.3. The van der Waals surface area contributed by atoms with Gasteiger partial charge >= 0.3 is 86.2 Å². The second-order valence-corrected chi connectivity index (χ2v) is 16.4. The van der Waals surface area contributed by atoms with Gasteiger partial charge < -0.3 is 14.2 Å². The molecule has 4 rings (SSSR count). The number of ether oxygens (including phenoxy) is 3. The topological polar surface area (TPSA) is 343 Å². The zero-order chi connectivity index (χ0) is 58.3. The van der Waals surface area contributed by atoms with Gasteiger partial charge in [-0.3, -0.25) is 4.79 Å². The molecule has 0 N–H and O–H groups in total. The molecule has 0 fully saturated rings. The number of esters is 3. The van der Waals surface area contributed by atoms with Crippen molar-refractivity contribution in [2.75, 3.05) is 0 Å². The third-order valence-electron chi connectivity index (χ3n) is 11.2. The van der Waals surface area contributed by atoms with E-state index in [0.29, 0.717) is 53.3 Å². The Bertz CT molecular complexity index is 3550. The molecule has 0 bridgehead atoms. The van der Waals surface area contributed by atoms with Gasteiger partial charge in [0.15, 0.2) is 0 Å². The van der Waals surface area contributed by atoms with Crippen molar-refractivity contribution in [3.63, 3.8) is 0 Å². The molecule has 4 aromatic rings. The van der Waals surface area contributed by atoms with Crippen molar-refractivity contribution < 1.29 is 28.6 Å². The minimum Gasteiger partial charge on any atom is -0.459 e. The summed E-state index contributed by atoms with van der Waals surface area (Å²) in [5, 5.41) is 0. The lowest BCUT2D eigenvalue weighted by Gasteiger charge is -2.24. The molecule has 0 amide bonds. The maximum Gasteiger partial charge on any atom is 0.336 e. The minimum atomic E-state index is -1.97. The molecular formula is C48H56N12O18. The van der Waals surface area contributed by atoms with Gasteiger partial charge in [0.05, 0.1) is 78.5 Å². The summed E-state index contributed by atoms with van der Waals surface area (Å²) in [6.45, 7) is 19.7. The van der Waals surface area contributed by atoms with Crippen LogP contribution in [-0.4, -0.2) is 91.0 Å². The standard InChI is InChI=1S/C48H56N12O18/c1-10-19-49-37(64)50(20-11-2)41(68)55(40(49)67)25-31(76-34(61)16-7)28-58-46(73)59(29-32(77-35(62)17-8)26-56-42(69)51(21-12-3)38(65)52(22-13-4)43(56)70)48(75)60(47(58)74)30-33(78-36(63)18-9)27-57-44(71)53(23-14-5)39(66)54(24-15-6)45(57)72/h10-17,31-33H,1-8,18-30H2,9H3. The minimum absolute atomic E-state index is 0.224. The van der Waals surface area contributed by atoms with Crippen LogP contribution in [0.2, 0.25) is 0 Å². The summed E-state index contributed by atoms with van der Waals surface area (Å²) in [7, 11) is 0. The normalized spacial score (nSPS) is 12.1. The van der Waals surface area contributed by atoms with E-state index in [2.05, 4.69) is 52.6 Å². The molecule has 30 heteroatoms. The summed E-state index contributed by atoms with van der Waals surface area (Å²) >= 11 is 0. The van der Waals surface area contributed by atoms with Crippen LogP contribution in [-0.2, 0) is 107 Å². The van der Waals surface area contributed by atoms with Crippen LogP contribution in [0.1, 0.15) is 13.3 Å². The van der Waals surface area contributed by atoms with Gasteiger partial charge in [-0.2, -0.15) is 0 Å². The number of rotatable bonds is 30. The number of allylic oxidation sites excluding steroid dienone is 6. The first kappa shape index (κ1) is 60.5. The molecule has 0 saturated carbocycles. The van der Waals surface area contributed by atoms with E-state index in [-0.39, 0.29) is 20.1 Å². The van der Waals surface area contributed by atoms with E-state index < -0.39 is 183 Å². The van der Waals surface area contributed by atoms with Crippen molar-refractivity contribution in [1.29, 1.82) is 0 Å². The molecule has 3 atom stereocenters. The molecule has 0 aliphatic carbocycles. The average molecular weight is 1090 g/mol. The number of carbonyl (C=O) groups excluding carboxylic acids is 3. The smallest absolute Gasteiger partial charge is 0.336 e. The van der Waals surface area contributed by atoms with Gasteiger partial charge in [-0.15, -0.1) is 39.5 Å². The van der Waals surface area contributed by atoms with Gasteiger partial charge in [-0.05, 0) is 0 Å². The third-order valence-corrected chi connectivity index (χ3v) is 11.2. The summed E-state index contributed by atoms with van der Waals surface area (Å²) in [6, 6.07) is 0. The SMILES string of the molecule is C=CCn1c(=O)n(CC=C)c(=O)n(CC(Cn2c(=O)n(CC(Cn3c(=O)n(CC=C)c(=O)n(CC=C)c3=O)OC(=O)C=C)c(=O)n(CC(Cn3c(=O)n(CC=C)c(=O)n(CC=C)c3=O)OC(=O)CC)c2=O)OC(=O)C=C)c1=O. The molecule has 0 radical (unpaired) electrons. The highest BCUT2D eigenvalue weighted by atomic mass is 16.6. The molecule has 0 aromatic carbocycles. The van der Waals surface area contributed by atoms with E-state index >= 15 is 0 Å². The number of carbonyl (C=O) groups is 3. The fourth-order valence-electron chi connectivity index (χ4n) is 7.69. The molecule has 0 aliphatic heterocycles. The molecule has 0 aliphatic rings. The van der Waals surface area contributed by atoms with Crippen molar-refractivity contribution in [2.45, 2.75) is 110 Å². The molecule has 416 valence electrons. The van der Waals surface area contributed by atoms with Gasteiger partial charge in [0.1, 0.15) is 18.3 Å². The average Bonchev–Trinajstić information content (AvgIpc) is 3.42. The fraction of sp³-hybridized carbons (Fsp3) is 0.354. The zero-order valence-electron chi connectivity index (χ0n) is 42.4. The van der Waals surface area contributed by atoms with Crippen LogP contribution in [0.3, 0.4) is 0 Å². The Morgan fingerprint density at radius 2 is 0.487 bits per heavy atom. The van der Waals surface area contributed by atoms with Crippen molar-refractivity contribution in [3.05, 3.63) is 227 Å². The first-order valence-electron chi connectivity index (χ1n) is 23.3. The highest BCUT2D eigenvalue weighted by molar-refractivity contribution is 5.81. The maximum atomic E-state index is 14.9. The van der Waals surface area contributed by atoms with E-state index in [9.17, 15) is 71.9 Å². The molecule has 0 spiro atoms. The van der Waals surface area contributed by atoms with Crippen LogP contribution in [0.25, 0.3) is 0 Å². The number of hydrogen-bond donors (Lipinski definition) is 0. The molecule has 78 heavy (non-hydrogen) atoms. The molecule has 3 unspecified atom stereocenters. The quantitative estimate of drug-likeness (QED) is 0.0205. The Morgan fingerprint density at radius 1 is 0.321 bits per heavy atom. The first-order valence-corrected chi connectivity index (χ1v) is 23.3. The maximum absolute atomic E-state index is 14.9. The Morgan fingerprint density at radius 3 is 0.654 bits per heavy atom. The van der Waals surface area contributed by atoms with E-state index in [1.807, 2.05) is 0 Å². The predicted octanol–water partition coefficient (Wildman–Crippen LogP) is -4.64. The molecule has 4 aromatic heterocycles. The number of aromatic nitrogens is 12. The van der Waals surface area contributed by atoms with E-state index in [0.717, 1.165) is 36.5 Å². The predicted molar refractivity (Wildman–Crippen MR) is 278 cm³/mol. The molecular weight excluding hydrogens is 1030 g/mol. The van der Waals surface area contributed by atoms with Gasteiger partial charge in [-0.25, -0.2) is 122 Å². The van der Waals surface area contributed by atoms with Crippen LogP contribution in [0.5, 0.6) is 0 Å². The fourth-order valence-corrected chi connectivity index (χ4v) is 7.69. The third kappa shape index (κ3) is 13.1. The molecule has 0 saturated heterocycles. The van der Waals surface area contributed by atoms with Crippen LogP contribution in [0.4, 0.5) is 0 Å². The summed E-state index contributed by atoms with van der Waals surface area (Å²) in [5.41, 5.74) is -15.8. The summed E-state index contributed by atoms with van der Waals surface area (Å²) in [6.07, 6.45) is 1.94. The van der Waals surface area contributed by atoms with E-state index in [1.54, 1.807) is 0 Å². The van der Waals surface area contributed by atoms with Gasteiger partial charge in [0.2, 0.25) is 0 Å². The van der Waals surface area contributed by atoms with Crippen LogP contribution in [0, 0.1) is 0 Å². The summed E-state index contributed by atoms with van der Waals surface area (Å²) in [4.78, 5) is 206. The second kappa shape index (κ2) is 27.0. The Balaban J connectivity index is 2.16. The largest absolute Gasteiger partial charge is 0.459 e. The summed E-state index contributed by atoms with van der Waals surface area (Å²) in [5.74, 6) is -3.57. The van der Waals surface area contributed by atoms with Crippen LogP contribution < -0.4 is 68.3 Å². The van der Waals surface area contributed by atoms with Crippen molar-refractivity contribution in [3.8, 4) is 0 Å². The van der Waals surface area contributed by atoms with Crippen LogP contribution in [0.15, 0.2) is 159 Å². The Hall–Kier alpha value is -10.0. The monoisotopic (exact) mass is 1090 g/mol. The van der Waals surface area contributed by atoms with Crippen molar-refractivity contribution in [2.24, 2.45) is 0 Å². The van der Waals surface area contributed by atoms with Gasteiger partial charge in [-0.1, -0.05) is 56.5 Å². The molecule has 30 nitrogen and oxygen atoms in total. The first-order chi connectivity index (χ1) is 37.0. The number of hydrogen-bond acceptors (Lipinski definition) is 18. The Labute approximate surface area is 437 Å². The van der Waals surface area contributed by atoms with Crippen molar-refractivity contribution >= 4 is 17.9 Å². The number of nitrogens with zero attached hydrogens (tertiary/aromatic N) is 12. The highest BCUT2D eigenvalue weighted by Crippen LogP contribution is 2.05. The van der Waals surface area contributed by atoms with Gasteiger partial charge in [0, 0.05) is 18.6 Å². The van der Waals surface area contributed by atoms with E-state index in [4.69, 9.17) is 14.2 Å². The summed E-state index contributed by atoms with van der Waals surface area (Å²) < 4.78 is 21.9. The van der Waals surface area contributed by atoms with Gasteiger partial charge in [0.25, 0.3) is 0 Å². The lowest BCUT2D eigenvalue weighted by molar-refractivity contribution is -0.150. The van der Waals surface area contributed by atoms with Crippen molar-refractivity contribution in [1.82, 2.24) is 54.8 Å². The second-order valence-electron chi connectivity index (χ2n) is 16.4. The van der Waals surface area contributed by atoms with E-state index in [1.165, 1.54) is 6.92 Å². The molecule has 4 heterocycles. The zero-order valence-corrected chi connectivity index (χ0v) is 42.4. The highest BCUT2D eigenvalue weighted by Gasteiger charge is 2.30. The van der Waals surface area contributed by atoms with Crippen LogP contribution >= 0.6 is 0 Å².